The summed E-state index contributed by atoms with van der Waals surface area (Å²) in [6.07, 6.45) is 3.74. The number of ether oxygens (including phenoxy) is 1. The van der Waals surface area contributed by atoms with Gasteiger partial charge in [0.25, 0.3) is 0 Å². The highest BCUT2D eigenvalue weighted by atomic mass is 35.5. The van der Waals surface area contributed by atoms with E-state index >= 15 is 0 Å². The lowest BCUT2D eigenvalue weighted by molar-refractivity contribution is -0.385. The summed E-state index contributed by atoms with van der Waals surface area (Å²) >= 11 is 11.9. The van der Waals surface area contributed by atoms with E-state index in [1.165, 1.54) is 24.0 Å². The molecule has 3 aromatic rings. The van der Waals surface area contributed by atoms with Crippen molar-refractivity contribution >= 4 is 40.7 Å². The number of hydrogen-bond acceptors (Lipinski definition) is 6. The van der Waals surface area contributed by atoms with Gasteiger partial charge in [0.1, 0.15) is 30.1 Å². The lowest BCUT2D eigenvalue weighted by atomic mass is 10.2. The molecule has 0 saturated heterocycles. The predicted molar refractivity (Wildman–Crippen MR) is 103 cm³/mol. The van der Waals surface area contributed by atoms with Gasteiger partial charge in [-0.1, -0.05) is 23.2 Å². The second-order valence-electron chi connectivity index (χ2n) is 5.66. The zero-order chi connectivity index (χ0) is 20.3. The normalized spacial score (nSPS) is 11.1. The number of ketones is 1. The molecule has 0 aliphatic heterocycles. The van der Waals surface area contributed by atoms with Gasteiger partial charge in [-0.05, 0) is 42.5 Å². The number of nitrogens with zero attached hydrogens (tertiary/aromatic N) is 3. The number of hydrogen-bond donors (Lipinski definition) is 0. The van der Waals surface area contributed by atoms with Crippen LogP contribution in [0, 0.1) is 10.1 Å². The molecule has 2 heterocycles. The quantitative estimate of drug-likeness (QED) is 0.237. The Balaban J connectivity index is 1.65. The zero-order valence-corrected chi connectivity index (χ0v) is 16.0. The minimum absolute atomic E-state index is 0.120. The number of nitro groups is 1. The van der Waals surface area contributed by atoms with Crippen LogP contribution in [0.3, 0.4) is 0 Å². The van der Waals surface area contributed by atoms with E-state index in [2.05, 4.69) is 5.10 Å². The molecule has 0 N–H and O–H groups in total. The molecular weight excluding hydrogens is 409 g/mol. The first-order chi connectivity index (χ1) is 13.3. The largest absolute Gasteiger partial charge is 0.484 e. The smallest absolute Gasteiger partial charge is 0.318 e. The molecule has 0 saturated carbocycles. The Bertz CT molecular complexity index is 1070. The summed E-state index contributed by atoms with van der Waals surface area (Å²) in [5.74, 6) is 0.737. The number of rotatable bonds is 7. The van der Waals surface area contributed by atoms with Gasteiger partial charge in [0, 0.05) is 12.1 Å². The third-order valence-corrected chi connectivity index (χ3v) is 4.12. The summed E-state index contributed by atoms with van der Waals surface area (Å²) in [5, 5.41) is 15.7. The van der Waals surface area contributed by atoms with Gasteiger partial charge in [0.05, 0.1) is 9.95 Å². The zero-order valence-electron chi connectivity index (χ0n) is 14.5. The Morgan fingerprint density at radius 2 is 2.14 bits per heavy atom. The van der Waals surface area contributed by atoms with Crippen LogP contribution in [0.1, 0.15) is 22.0 Å². The van der Waals surface area contributed by atoms with Gasteiger partial charge in [-0.3, -0.25) is 19.6 Å². The number of benzene rings is 1. The van der Waals surface area contributed by atoms with Gasteiger partial charge in [0.15, 0.2) is 0 Å². The summed E-state index contributed by atoms with van der Waals surface area (Å²) in [6, 6.07) is 8.18. The summed E-state index contributed by atoms with van der Waals surface area (Å²) in [6.45, 7) is 0.120. The number of furan rings is 1. The molecule has 0 radical (unpaired) electrons. The fourth-order valence-electron chi connectivity index (χ4n) is 2.32. The molecule has 0 spiro atoms. The summed E-state index contributed by atoms with van der Waals surface area (Å²) < 4.78 is 12.3. The Morgan fingerprint density at radius 1 is 1.36 bits per heavy atom. The Labute approximate surface area is 169 Å². The molecule has 0 aliphatic carbocycles. The van der Waals surface area contributed by atoms with E-state index < -0.39 is 10.7 Å². The fourth-order valence-corrected chi connectivity index (χ4v) is 2.79. The molecule has 28 heavy (non-hydrogen) atoms. The van der Waals surface area contributed by atoms with E-state index in [4.69, 9.17) is 32.4 Å². The summed E-state index contributed by atoms with van der Waals surface area (Å²) in [7, 11) is 1.50. The number of aryl methyl sites for hydroxylation is 1. The molecule has 0 fully saturated rings. The molecule has 144 valence electrons. The van der Waals surface area contributed by atoms with Crippen LogP contribution in [0.2, 0.25) is 10.0 Å². The van der Waals surface area contributed by atoms with Crippen molar-refractivity contribution in [2.45, 2.75) is 6.61 Å². The Hall–Kier alpha value is -3.10. The SMILES string of the molecule is Cn1cc([N+](=O)[O-])c(C(=O)/C=C/c2ccc(COc3ccc(Cl)cc3Cl)o2)n1. The molecule has 0 bridgehead atoms. The highest BCUT2D eigenvalue weighted by Crippen LogP contribution is 2.28. The van der Waals surface area contributed by atoms with E-state index in [1.54, 1.807) is 30.3 Å². The van der Waals surface area contributed by atoms with Crippen LogP contribution in [-0.2, 0) is 13.7 Å². The minimum atomic E-state index is -0.654. The number of carbonyl (C=O) groups excluding carboxylic acids is 1. The number of aromatic nitrogens is 2. The first kappa shape index (κ1) is 19.7. The topological polar surface area (TPSA) is 100 Å². The van der Waals surface area contributed by atoms with Gasteiger partial charge in [-0.15, -0.1) is 0 Å². The van der Waals surface area contributed by atoms with Gasteiger partial charge in [-0.25, -0.2) is 0 Å². The highest BCUT2D eigenvalue weighted by molar-refractivity contribution is 6.35. The van der Waals surface area contributed by atoms with Gasteiger partial charge >= 0.3 is 5.69 Å². The van der Waals surface area contributed by atoms with Crippen LogP contribution in [0.5, 0.6) is 5.75 Å². The molecular formula is C18H13Cl2N3O5. The van der Waals surface area contributed by atoms with Crippen LogP contribution in [0.4, 0.5) is 5.69 Å². The second-order valence-corrected chi connectivity index (χ2v) is 6.50. The molecule has 1 aromatic carbocycles. The first-order valence-corrected chi connectivity index (χ1v) is 8.66. The second kappa shape index (κ2) is 8.28. The van der Waals surface area contributed by atoms with Crippen LogP contribution < -0.4 is 4.74 Å². The van der Waals surface area contributed by atoms with Crippen LogP contribution in [-0.4, -0.2) is 20.5 Å². The maximum absolute atomic E-state index is 12.2. The molecule has 0 atom stereocenters. The number of halogens is 2. The lowest BCUT2D eigenvalue weighted by Gasteiger charge is -2.06. The monoisotopic (exact) mass is 421 g/mol. The molecule has 0 aliphatic rings. The van der Waals surface area contributed by atoms with Crippen LogP contribution >= 0.6 is 23.2 Å². The van der Waals surface area contributed by atoms with Crippen molar-refractivity contribution < 1.29 is 18.9 Å². The number of carbonyl (C=O) groups is 1. The third-order valence-electron chi connectivity index (χ3n) is 3.58. The van der Waals surface area contributed by atoms with E-state index in [1.807, 2.05) is 0 Å². The molecule has 8 nitrogen and oxygen atoms in total. The van der Waals surface area contributed by atoms with Gasteiger partial charge < -0.3 is 9.15 Å². The molecule has 0 unspecified atom stereocenters. The average Bonchev–Trinajstić information content (AvgIpc) is 3.25. The Kier molecular flexibility index (Phi) is 5.81. The predicted octanol–water partition coefficient (Wildman–Crippen LogP) is 4.70. The van der Waals surface area contributed by atoms with E-state index in [0.29, 0.717) is 27.3 Å². The lowest BCUT2D eigenvalue weighted by Crippen LogP contribution is -2.00. The molecule has 10 heteroatoms. The minimum Gasteiger partial charge on any atom is -0.484 e. The van der Waals surface area contributed by atoms with Crippen molar-refractivity contribution in [1.29, 1.82) is 0 Å². The standard InChI is InChI=1S/C18H13Cl2N3O5/c1-22-9-15(23(25)26)18(21-22)16(24)6-5-12-3-4-13(28-12)10-27-17-7-2-11(19)8-14(17)20/h2-9H,10H2,1H3/b6-5+. The summed E-state index contributed by atoms with van der Waals surface area (Å²) in [4.78, 5) is 22.5. The van der Waals surface area contributed by atoms with Gasteiger partial charge in [-0.2, -0.15) is 5.10 Å². The summed E-state index contributed by atoms with van der Waals surface area (Å²) in [5.41, 5.74) is -0.596. The van der Waals surface area contributed by atoms with Crippen LogP contribution in [0.15, 0.2) is 47.0 Å². The van der Waals surface area contributed by atoms with Crippen molar-refractivity contribution in [3.05, 3.63) is 80.0 Å². The highest BCUT2D eigenvalue weighted by Gasteiger charge is 2.23. The molecule has 3 rings (SSSR count). The maximum Gasteiger partial charge on any atom is 0.318 e. The average molecular weight is 422 g/mol. The van der Waals surface area contributed by atoms with Crippen molar-refractivity contribution in [3.63, 3.8) is 0 Å². The number of allylic oxidation sites excluding steroid dienone is 1. The van der Waals surface area contributed by atoms with Gasteiger partial charge in [0.2, 0.25) is 11.5 Å². The third kappa shape index (κ3) is 4.59. The first-order valence-electron chi connectivity index (χ1n) is 7.90. The fraction of sp³-hybridized carbons (Fsp3) is 0.111. The van der Waals surface area contributed by atoms with Crippen molar-refractivity contribution in [1.82, 2.24) is 9.78 Å². The van der Waals surface area contributed by atoms with E-state index in [9.17, 15) is 14.9 Å². The van der Waals surface area contributed by atoms with Crippen LogP contribution in [0.25, 0.3) is 6.08 Å². The van der Waals surface area contributed by atoms with E-state index in [0.717, 1.165) is 6.08 Å². The molecule has 2 aromatic heterocycles. The van der Waals surface area contributed by atoms with E-state index in [-0.39, 0.29) is 18.0 Å². The molecule has 0 amide bonds. The van der Waals surface area contributed by atoms with Crippen molar-refractivity contribution in [2.75, 3.05) is 0 Å². The maximum atomic E-state index is 12.2. The van der Waals surface area contributed by atoms with Crippen molar-refractivity contribution in [3.8, 4) is 5.75 Å². The Morgan fingerprint density at radius 3 is 2.86 bits per heavy atom. The van der Waals surface area contributed by atoms with Crippen molar-refractivity contribution in [2.24, 2.45) is 7.05 Å².